The minimum Gasteiger partial charge on any atom is -0.302 e. The van der Waals surface area contributed by atoms with Crippen LogP contribution in [0, 0.1) is 0 Å². The SMILES string of the molecule is C=CCn1c(SCc2csc(-c3ccccc3)n2)nnc1C1CCCC1. The molecule has 0 N–H and O–H groups in total. The maximum absolute atomic E-state index is 4.78. The number of rotatable bonds is 7. The predicted molar refractivity (Wildman–Crippen MR) is 109 cm³/mol. The van der Waals surface area contributed by atoms with Crippen molar-refractivity contribution >= 4 is 23.1 Å². The molecule has 1 fully saturated rings. The Morgan fingerprint density at radius 3 is 2.77 bits per heavy atom. The molecule has 0 aliphatic heterocycles. The van der Waals surface area contributed by atoms with E-state index in [9.17, 15) is 0 Å². The molecule has 1 aliphatic rings. The van der Waals surface area contributed by atoms with Gasteiger partial charge in [-0.2, -0.15) is 0 Å². The molecule has 0 amide bonds. The molecule has 0 atom stereocenters. The molecule has 134 valence electrons. The van der Waals surface area contributed by atoms with E-state index >= 15 is 0 Å². The van der Waals surface area contributed by atoms with Crippen LogP contribution in [0.4, 0.5) is 0 Å². The number of thiazole rings is 1. The van der Waals surface area contributed by atoms with Crippen LogP contribution < -0.4 is 0 Å². The third-order valence-corrected chi connectivity index (χ3v) is 6.64. The fourth-order valence-corrected chi connectivity index (χ4v) is 5.20. The van der Waals surface area contributed by atoms with E-state index in [-0.39, 0.29) is 0 Å². The van der Waals surface area contributed by atoms with Gasteiger partial charge in [-0.1, -0.05) is 61.0 Å². The fraction of sp³-hybridized carbons (Fsp3) is 0.350. The molecule has 4 rings (SSSR count). The lowest BCUT2D eigenvalue weighted by Crippen LogP contribution is -2.07. The molecular formula is C20H22N4S2. The van der Waals surface area contributed by atoms with Crippen molar-refractivity contribution in [2.24, 2.45) is 0 Å². The lowest BCUT2D eigenvalue weighted by Gasteiger charge is -2.11. The standard InChI is InChI=1S/C20H22N4S2/c1-2-12-24-18(15-8-6-7-9-15)22-23-20(24)26-14-17-13-25-19(21-17)16-10-4-3-5-11-16/h2-5,10-11,13,15H,1,6-9,12,14H2. The van der Waals surface area contributed by atoms with Gasteiger partial charge in [0, 0.05) is 29.2 Å². The maximum atomic E-state index is 4.78. The van der Waals surface area contributed by atoms with E-state index in [1.54, 1.807) is 23.1 Å². The van der Waals surface area contributed by atoms with Crippen molar-refractivity contribution in [3.8, 4) is 10.6 Å². The summed E-state index contributed by atoms with van der Waals surface area (Å²) in [5.41, 5.74) is 2.27. The fourth-order valence-electron chi connectivity index (χ4n) is 3.42. The van der Waals surface area contributed by atoms with Crippen molar-refractivity contribution in [3.05, 3.63) is 59.9 Å². The van der Waals surface area contributed by atoms with E-state index in [0.29, 0.717) is 5.92 Å². The van der Waals surface area contributed by atoms with Crippen molar-refractivity contribution in [3.63, 3.8) is 0 Å². The zero-order valence-corrected chi connectivity index (χ0v) is 16.3. The largest absolute Gasteiger partial charge is 0.302 e. The Kier molecular flexibility index (Phi) is 5.51. The van der Waals surface area contributed by atoms with E-state index < -0.39 is 0 Å². The lowest BCUT2D eigenvalue weighted by molar-refractivity contribution is 0.594. The van der Waals surface area contributed by atoms with Crippen molar-refractivity contribution in [2.45, 2.75) is 49.1 Å². The number of allylic oxidation sites excluding steroid dienone is 1. The molecule has 1 saturated carbocycles. The Hall–Kier alpha value is -1.92. The molecule has 0 unspecified atom stereocenters. The van der Waals surface area contributed by atoms with Crippen LogP contribution in [0.2, 0.25) is 0 Å². The summed E-state index contributed by atoms with van der Waals surface area (Å²) in [6, 6.07) is 10.3. The third-order valence-electron chi connectivity index (χ3n) is 4.70. The second-order valence-electron chi connectivity index (χ2n) is 6.52. The molecular weight excluding hydrogens is 360 g/mol. The predicted octanol–water partition coefficient (Wildman–Crippen LogP) is 5.54. The van der Waals surface area contributed by atoms with E-state index in [4.69, 9.17) is 4.98 Å². The summed E-state index contributed by atoms with van der Waals surface area (Å²) in [5.74, 6) is 2.50. The Balaban J connectivity index is 1.48. The average Bonchev–Trinajstić information content (AvgIpc) is 3.42. The molecule has 0 bridgehead atoms. The van der Waals surface area contributed by atoms with Gasteiger partial charge in [-0.3, -0.25) is 0 Å². The van der Waals surface area contributed by atoms with Crippen LogP contribution in [0.5, 0.6) is 0 Å². The van der Waals surface area contributed by atoms with Gasteiger partial charge in [-0.15, -0.1) is 28.1 Å². The minimum absolute atomic E-state index is 0.556. The first-order valence-electron chi connectivity index (χ1n) is 9.02. The number of benzene rings is 1. The zero-order valence-electron chi connectivity index (χ0n) is 14.7. The summed E-state index contributed by atoms with van der Waals surface area (Å²) >= 11 is 3.41. The molecule has 2 aromatic heterocycles. The number of aromatic nitrogens is 4. The van der Waals surface area contributed by atoms with Crippen LogP contribution in [-0.4, -0.2) is 19.7 Å². The van der Waals surface area contributed by atoms with Crippen molar-refractivity contribution in [1.29, 1.82) is 0 Å². The topological polar surface area (TPSA) is 43.6 Å². The van der Waals surface area contributed by atoms with Crippen LogP contribution in [0.1, 0.15) is 43.1 Å². The molecule has 0 radical (unpaired) electrons. The number of thioether (sulfide) groups is 1. The van der Waals surface area contributed by atoms with Crippen molar-refractivity contribution in [2.75, 3.05) is 0 Å². The Morgan fingerprint density at radius 1 is 1.19 bits per heavy atom. The van der Waals surface area contributed by atoms with Crippen molar-refractivity contribution in [1.82, 2.24) is 19.7 Å². The van der Waals surface area contributed by atoms with Crippen LogP contribution in [-0.2, 0) is 12.3 Å². The maximum Gasteiger partial charge on any atom is 0.191 e. The van der Waals surface area contributed by atoms with Gasteiger partial charge < -0.3 is 4.57 Å². The van der Waals surface area contributed by atoms with Gasteiger partial charge in [0.05, 0.1) is 5.69 Å². The molecule has 2 heterocycles. The summed E-state index contributed by atoms with van der Waals surface area (Å²) in [6.45, 7) is 4.67. The first-order valence-corrected chi connectivity index (χ1v) is 10.9. The molecule has 0 spiro atoms. The second-order valence-corrected chi connectivity index (χ2v) is 8.32. The molecule has 1 aromatic carbocycles. The molecule has 6 heteroatoms. The van der Waals surface area contributed by atoms with Crippen LogP contribution in [0.25, 0.3) is 10.6 Å². The highest BCUT2D eigenvalue weighted by Gasteiger charge is 2.24. The van der Waals surface area contributed by atoms with E-state index in [1.165, 1.54) is 31.2 Å². The first kappa shape index (κ1) is 17.5. The summed E-state index contributed by atoms with van der Waals surface area (Å²) in [5, 5.41) is 13.2. The zero-order chi connectivity index (χ0) is 17.8. The normalized spacial score (nSPS) is 14.8. The Labute approximate surface area is 162 Å². The van der Waals surface area contributed by atoms with Gasteiger partial charge in [-0.05, 0) is 12.8 Å². The number of hydrogen-bond donors (Lipinski definition) is 0. The number of hydrogen-bond acceptors (Lipinski definition) is 5. The molecule has 1 aliphatic carbocycles. The van der Waals surface area contributed by atoms with Crippen molar-refractivity contribution < 1.29 is 0 Å². The lowest BCUT2D eigenvalue weighted by atomic mass is 10.1. The monoisotopic (exact) mass is 382 g/mol. The smallest absolute Gasteiger partial charge is 0.191 e. The summed E-state index contributed by atoms with van der Waals surface area (Å²) in [4.78, 5) is 4.78. The highest BCUT2D eigenvalue weighted by molar-refractivity contribution is 7.98. The summed E-state index contributed by atoms with van der Waals surface area (Å²) < 4.78 is 2.23. The molecule has 4 nitrogen and oxygen atoms in total. The van der Waals surface area contributed by atoms with E-state index in [2.05, 4.69) is 38.9 Å². The second kappa shape index (κ2) is 8.18. The van der Waals surface area contributed by atoms with E-state index in [1.807, 2.05) is 24.3 Å². The minimum atomic E-state index is 0.556. The van der Waals surface area contributed by atoms with E-state index in [0.717, 1.165) is 34.0 Å². The highest BCUT2D eigenvalue weighted by atomic mass is 32.2. The summed E-state index contributed by atoms with van der Waals surface area (Å²) in [7, 11) is 0. The number of nitrogens with zero attached hydrogens (tertiary/aromatic N) is 4. The molecule has 26 heavy (non-hydrogen) atoms. The van der Waals surface area contributed by atoms with Gasteiger partial charge in [0.15, 0.2) is 5.16 Å². The third kappa shape index (κ3) is 3.76. The average molecular weight is 383 g/mol. The van der Waals surface area contributed by atoms with Gasteiger partial charge >= 0.3 is 0 Å². The first-order chi connectivity index (χ1) is 12.8. The Morgan fingerprint density at radius 2 is 2.00 bits per heavy atom. The van der Waals surface area contributed by atoms with Crippen LogP contribution >= 0.6 is 23.1 Å². The van der Waals surface area contributed by atoms with Gasteiger partial charge in [0.1, 0.15) is 10.8 Å². The van der Waals surface area contributed by atoms with Crippen LogP contribution in [0.3, 0.4) is 0 Å². The van der Waals surface area contributed by atoms with Gasteiger partial charge in [0.25, 0.3) is 0 Å². The molecule has 3 aromatic rings. The Bertz CT molecular complexity index is 863. The summed E-state index contributed by atoms with van der Waals surface area (Å²) in [6.07, 6.45) is 6.99. The van der Waals surface area contributed by atoms with Gasteiger partial charge in [0.2, 0.25) is 0 Å². The van der Waals surface area contributed by atoms with Gasteiger partial charge in [-0.25, -0.2) is 4.98 Å². The highest BCUT2D eigenvalue weighted by Crippen LogP contribution is 2.35. The van der Waals surface area contributed by atoms with Crippen LogP contribution in [0.15, 0.2) is 53.5 Å². The quantitative estimate of drug-likeness (QED) is 0.398. The molecule has 0 saturated heterocycles.